The zero-order chi connectivity index (χ0) is 33.5. The van der Waals surface area contributed by atoms with Gasteiger partial charge in [0.05, 0.1) is 44.6 Å². The van der Waals surface area contributed by atoms with E-state index in [0.717, 1.165) is 6.07 Å². The minimum absolute atomic E-state index is 0.0104. The second-order valence-corrected chi connectivity index (χ2v) is 12.1. The molecule has 0 fully saturated rings. The summed E-state index contributed by atoms with van der Waals surface area (Å²) in [4.78, 5) is 46.1. The van der Waals surface area contributed by atoms with Gasteiger partial charge in [-0.3, -0.25) is 14.4 Å². The zero-order valence-corrected chi connectivity index (χ0v) is 26.9. The molecule has 0 aliphatic carbocycles. The van der Waals surface area contributed by atoms with Crippen molar-refractivity contribution >= 4 is 52.6 Å². The number of anilines is 1. The van der Waals surface area contributed by atoms with Crippen molar-refractivity contribution in [3.05, 3.63) is 120 Å². The van der Waals surface area contributed by atoms with Crippen LogP contribution in [-0.2, 0) is 19.1 Å². The van der Waals surface area contributed by atoms with Gasteiger partial charge in [-0.25, -0.2) is 9.55 Å². The lowest BCUT2D eigenvalue weighted by atomic mass is 9.98. The van der Waals surface area contributed by atoms with Crippen LogP contribution in [-0.4, -0.2) is 39.4 Å². The SMILES string of the molecule is CNC(=O)c1ccc(-n2c(N[C@@H](C)c3ccc(C(F)(F)F)c(Cl)c3)nc3c(c2=O)C[C@@H](C)N(C(=O)c2ccc(Cl)c(Cl)c2)C3)cc1. The molecule has 0 spiro atoms. The van der Waals surface area contributed by atoms with Crippen molar-refractivity contribution in [1.29, 1.82) is 0 Å². The second-order valence-electron chi connectivity index (χ2n) is 10.8. The standard InChI is InChI=1S/C32H27Cl3F3N5O3/c1-16-12-22-27(15-42(16)29(45)20-7-11-24(33)26(35)14-20)41-31(40-17(2)19-6-10-23(25(34)13-19)32(36,37)38)43(30(22)46)21-8-4-18(5-9-21)28(44)39-3/h4-11,13-14,16-17H,12,15H2,1-3H3,(H,39,44)(H,40,41)/t16-,17+/m1/s1. The first-order valence-corrected chi connectivity index (χ1v) is 15.2. The Hall–Kier alpha value is -4.06. The molecule has 46 heavy (non-hydrogen) atoms. The van der Waals surface area contributed by atoms with E-state index in [1.165, 1.54) is 35.9 Å². The molecule has 0 bridgehead atoms. The number of nitrogens with zero attached hydrogens (tertiary/aromatic N) is 3. The summed E-state index contributed by atoms with van der Waals surface area (Å²) in [6.07, 6.45) is -4.42. The van der Waals surface area contributed by atoms with E-state index in [-0.39, 0.29) is 41.8 Å². The molecule has 4 aromatic rings. The van der Waals surface area contributed by atoms with Crippen molar-refractivity contribution in [2.75, 3.05) is 12.4 Å². The van der Waals surface area contributed by atoms with Crippen molar-refractivity contribution in [2.45, 2.75) is 45.1 Å². The minimum atomic E-state index is -4.62. The lowest BCUT2D eigenvalue weighted by molar-refractivity contribution is -0.137. The number of hydrogen-bond acceptors (Lipinski definition) is 5. The predicted octanol–water partition coefficient (Wildman–Crippen LogP) is 7.33. The zero-order valence-electron chi connectivity index (χ0n) is 24.7. The van der Waals surface area contributed by atoms with Gasteiger partial charge in [0.25, 0.3) is 17.4 Å². The molecule has 8 nitrogen and oxygen atoms in total. The Morgan fingerprint density at radius 2 is 1.63 bits per heavy atom. The molecular formula is C32H27Cl3F3N5O3. The number of rotatable bonds is 6. The summed E-state index contributed by atoms with van der Waals surface area (Å²) >= 11 is 18.2. The summed E-state index contributed by atoms with van der Waals surface area (Å²) in [5.41, 5.74) is 0.897. The molecule has 0 saturated carbocycles. The summed E-state index contributed by atoms with van der Waals surface area (Å²) in [7, 11) is 1.50. The van der Waals surface area contributed by atoms with Crippen LogP contribution in [0.15, 0.2) is 65.5 Å². The molecule has 240 valence electrons. The highest BCUT2D eigenvalue weighted by Crippen LogP contribution is 2.36. The number of alkyl halides is 3. The number of carbonyl (C=O) groups excluding carboxylic acids is 2. The average Bonchev–Trinajstić information content (AvgIpc) is 3.01. The molecule has 3 aromatic carbocycles. The Labute approximate surface area is 277 Å². The van der Waals surface area contributed by atoms with Gasteiger partial charge in [-0.05, 0) is 80.4 Å². The van der Waals surface area contributed by atoms with Gasteiger partial charge in [0.1, 0.15) is 0 Å². The van der Waals surface area contributed by atoms with Gasteiger partial charge in [-0.1, -0.05) is 40.9 Å². The normalized spacial score (nSPS) is 15.2. The van der Waals surface area contributed by atoms with Gasteiger partial charge in [-0.2, -0.15) is 13.2 Å². The lowest BCUT2D eigenvalue weighted by Gasteiger charge is -2.35. The van der Waals surface area contributed by atoms with Crippen LogP contribution in [0.25, 0.3) is 5.69 Å². The molecule has 5 rings (SSSR count). The first-order valence-electron chi connectivity index (χ1n) is 14.1. The third kappa shape index (κ3) is 6.58. The summed E-state index contributed by atoms with van der Waals surface area (Å²) in [6.45, 7) is 3.52. The van der Waals surface area contributed by atoms with E-state index < -0.39 is 28.4 Å². The maximum absolute atomic E-state index is 14.1. The van der Waals surface area contributed by atoms with E-state index in [4.69, 9.17) is 39.8 Å². The monoisotopic (exact) mass is 691 g/mol. The highest BCUT2D eigenvalue weighted by atomic mass is 35.5. The summed E-state index contributed by atoms with van der Waals surface area (Å²) in [5, 5.41) is 5.75. The number of carbonyl (C=O) groups is 2. The lowest BCUT2D eigenvalue weighted by Crippen LogP contribution is -2.46. The molecule has 1 aliphatic rings. The van der Waals surface area contributed by atoms with Crippen molar-refractivity contribution in [1.82, 2.24) is 19.8 Å². The number of amides is 2. The predicted molar refractivity (Wildman–Crippen MR) is 171 cm³/mol. The molecule has 2 N–H and O–H groups in total. The summed E-state index contributed by atoms with van der Waals surface area (Å²) in [5.74, 6) is -0.555. The maximum Gasteiger partial charge on any atom is 0.417 e. The van der Waals surface area contributed by atoms with Crippen LogP contribution in [0.3, 0.4) is 0 Å². The number of hydrogen-bond donors (Lipinski definition) is 2. The average molecular weight is 693 g/mol. The maximum atomic E-state index is 14.1. The molecule has 2 heterocycles. The van der Waals surface area contributed by atoms with Gasteiger partial charge in [-0.15, -0.1) is 0 Å². The van der Waals surface area contributed by atoms with Crippen LogP contribution in [0.5, 0.6) is 0 Å². The second kappa shape index (κ2) is 13.0. The Balaban J connectivity index is 1.57. The number of halogens is 6. The highest BCUT2D eigenvalue weighted by molar-refractivity contribution is 6.42. The van der Waals surface area contributed by atoms with Gasteiger partial charge in [0, 0.05) is 29.8 Å². The molecule has 1 aliphatic heterocycles. The summed E-state index contributed by atoms with van der Waals surface area (Å²) < 4.78 is 41.3. The molecule has 14 heteroatoms. The highest BCUT2D eigenvalue weighted by Gasteiger charge is 2.34. The fourth-order valence-electron chi connectivity index (χ4n) is 5.28. The fourth-order valence-corrected chi connectivity index (χ4v) is 5.87. The summed E-state index contributed by atoms with van der Waals surface area (Å²) in [6, 6.07) is 13.3. The van der Waals surface area contributed by atoms with Gasteiger partial charge in [0.15, 0.2) is 0 Å². The quantitative estimate of drug-likeness (QED) is 0.221. The Morgan fingerprint density at radius 3 is 2.24 bits per heavy atom. The first-order chi connectivity index (χ1) is 21.7. The van der Waals surface area contributed by atoms with Gasteiger partial charge in [0.2, 0.25) is 5.95 Å². The van der Waals surface area contributed by atoms with Crippen LogP contribution in [0.4, 0.5) is 19.1 Å². The van der Waals surface area contributed by atoms with Gasteiger partial charge < -0.3 is 15.5 Å². The van der Waals surface area contributed by atoms with E-state index in [9.17, 15) is 27.6 Å². The van der Waals surface area contributed by atoms with Crippen molar-refractivity contribution < 1.29 is 22.8 Å². The Morgan fingerprint density at radius 1 is 0.957 bits per heavy atom. The fraction of sp³-hybridized carbons (Fsp3) is 0.250. The van der Waals surface area contributed by atoms with Crippen LogP contribution in [0.2, 0.25) is 15.1 Å². The van der Waals surface area contributed by atoms with Crippen LogP contribution in [0.1, 0.15) is 63.0 Å². The van der Waals surface area contributed by atoms with Gasteiger partial charge >= 0.3 is 6.18 Å². The van der Waals surface area contributed by atoms with E-state index in [2.05, 4.69) is 10.6 Å². The Kier molecular flexibility index (Phi) is 9.40. The molecular weight excluding hydrogens is 666 g/mol. The minimum Gasteiger partial charge on any atom is -0.355 e. The molecule has 2 atom stereocenters. The van der Waals surface area contributed by atoms with Crippen molar-refractivity contribution in [2.24, 2.45) is 0 Å². The van der Waals surface area contributed by atoms with Crippen molar-refractivity contribution in [3.63, 3.8) is 0 Å². The molecule has 0 saturated heterocycles. The largest absolute Gasteiger partial charge is 0.417 e. The smallest absolute Gasteiger partial charge is 0.355 e. The molecule has 0 unspecified atom stereocenters. The first kappa shape index (κ1) is 33.3. The number of fused-ring (bicyclic) bond motifs is 1. The number of nitrogens with one attached hydrogen (secondary N) is 2. The Bertz CT molecular complexity index is 1900. The van der Waals surface area contributed by atoms with E-state index in [0.29, 0.717) is 38.7 Å². The van der Waals surface area contributed by atoms with E-state index >= 15 is 0 Å². The van der Waals surface area contributed by atoms with Crippen LogP contribution >= 0.6 is 34.8 Å². The third-order valence-electron chi connectivity index (χ3n) is 7.80. The molecule has 0 radical (unpaired) electrons. The van der Waals surface area contributed by atoms with Crippen molar-refractivity contribution in [3.8, 4) is 5.69 Å². The van der Waals surface area contributed by atoms with E-state index in [1.807, 2.05) is 6.92 Å². The van der Waals surface area contributed by atoms with E-state index in [1.54, 1.807) is 42.2 Å². The molecule has 1 aromatic heterocycles. The molecule has 2 amide bonds. The number of benzene rings is 3. The van der Waals surface area contributed by atoms with Crippen LogP contribution < -0.4 is 16.2 Å². The number of aromatic nitrogens is 2. The third-order valence-corrected chi connectivity index (χ3v) is 8.85. The van der Waals surface area contributed by atoms with Crippen LogP contribution in [0, 0.1) is 0 Å². The topological polar surface area (TPSA) is 96.3 Å².